The number of oxazole rings is 1. The normalized spacial score (nSPS) is 10.3. The van der Waals surface area contributed by atoms with Crippen LogP contribution in [0.1, 0.15) is 31.8 Å². The van der Waals surface area contributed by atoms with Gasteiger partial charge in [-0.15, -0.1) is 11.3 Å². The minimum atomic E-state index is -0.432. The number of anilines is 1. The molecule has 0 radical (unpaired) electrons. The van der Waals surface area contributed by atoms with Gasteiger partial charge in [0.2, 0.25) is 0 Å². The minimum absolute atomic E-state index is 0.241. The lowest BCUT2D eigenvalue weighted by molar-refractivity contribution is 0.0606. The van der Waals surface area contributed by atoms with Gasteiger partial charge in [-0.3, -0.25) is 4.79 Å². The zero-order valence-electron chi connectivity index (χ0n) is 10.6. The van der Waals surface area contributed by atoms with Gasteiger partial charge in [0.1, 0.15) is 10.6 Å². The van der Waals surface area contributed by atoms with Crippen LogP contribution in [0.2, 0.25) is 0 Å². The number of methoxy groups -OCH3 is 1. The van der Waals surface area contributed by atoms with Crippen LogP contribution in [-0.4, -0.2) is 24.0 Å². The highest BCUT2D eigenvalue weighted by Crippen LogP contribution is 2.23. The first kappa shape index (κ1) is 13.3. The van der Waals surface area contributed by atoms with Crippen molar-refractivity contribution in [3.8, 4) is 0 Å². The lowest BCUT2D eigenvalue weighted by Gasteiger charge is -1.99. The second kappa shape index (κ2) is 5.23. The van der Waals surface area contributed by atoms with Crippen molar-refractivity contribution in [2.75, 3.05) is 12.4 Å². The summed E-state index contributed by atoms with van der Waals surface area (Å²) in [5.74, 6) is 0.0930. The van der Waals surface area contributed by atoms with E-state index in [0.717, 1.165) is 11.3 Å². The molecular weight excluding hydrogens is 268 g/mol. The van der Waals surface area contributed by atoms with E-state index < -0.39 is 5.97 Å². The molecule has 0 spiro atoms. The number of hydrogen-bond donors (Lipinski definition) is 1. The number of amides is 1. The van der Waals surface area contributed by atoms with E-state index in [1.165, 1.54) is 7.11 Å². The predicted octanol–water partition coefficient (Wildman–Crippen LogP) is 2.39. The van der Waals surface area contributed by atoms with Gasteiger partial charge in [0.05, 0.1) is 12.1 Å². The van der Waals surface area contributed by atoms with E-state index in [-0.39, 0.29) is 11.6 Å². The quantitative estimate of drug-likeness (QED) is 0.873. The molecule has 0 aliphatic carbocycles. The van der Waals surface area contributed by atoms with Gasteiger partial charge in [-0.2, -0.15) is 0 Å². The molecule has 6 nitrogen and oxygen atoms in total. The molecule has 0 aliphatic heterocycles. The van der Waals surface area contributed by atoms with Crippen LogP contribution in [0.15, 0.2) is 16.5 Å². The van der Waals surface area contributed by atoms with Crippen LogP contribution in [0.5, 0.6) is 0 Å². The maximum absolute atomic E-state index is 12.0. The molecule has 2 aromatic heterocycles. The third-order valence-electron chi connectivity index (χ3n) is 2.35. The van der Waals surface area contributed by atoms with Crippen molar-refractivity contribution in [2.24, 2.45) is 0 Å². The number of hydrogen-bond acceptors (Lipinski definition) is 6. The Morgan fingerprint density at radius 2 is 2.11 bits per heavy atom. The van der Waals surface area contributed by atoms with Crippen LogP contribution in [0.3, 0.4) is 0 Å². The van der Waals surface area contributed by atoms with Gasteiger partial charge in [0, 0.05) is 6.92 Å². The van der Waals surface area contributed by atoms with Gasteiger partial charge in [-0.05, 0) is 19.1 Å². The summed E-state index contributed by atoms with van der Waals surface area (Å²) in [6.07, 6.45) is 0. The predicted molar refractivity (Wildman–Crippen MR) is 69.6 cm³/mol. The van der Waals surface area contributed by atoms with Crippen molar-refractivity contribution in [2.45, 2.75) is 13.8 Å². The number of ether oxygens (including phenoxy) is 1. The average molecular weight is 280 g/mol. The molecule has 1 amide bonds. The molecule has 0 saturated heterocycles. The molecule has 2 heterocycles. The monoisotopic (exact) mass is 280 g/mol. The molecule has 100 valence electrons. The highest BCUT2D eigenvalue weighted by Gasteiger charge is 2.17. The molecule has 0 aliphatic rings. The molecule has 0 atom stereocenters. The number of aryl methyl sites for hydroxylation is 2. The molecule has 0 saturated carbocycles. The number of carbonyl (C=O) groups is 2. The van der Waals surface area contributed by atoms with E-state index in [1.807, 2.05) is 0 Å². The summed E-state index contributed by atoms with van der Waals surface area (Å²) in [5, 5.41) is 3.21. The molecule has 0 unspecified atom stereocenters. The van der Waals surface area contributed by atoms with E-state index in [4.69, 9.17) is 4.42 Å². The second-order valence-electron chi connectivity index (χ2n) is 3.75. The third-order valence-corrected chi connectivity index (χ3v) is 3.33. The van der Waals surface area contributed by atoms with Gasteiger partial charge < -0.3 is 14.5 Å². The Morgan fingerprint density at radius 1 is 1.37 bits per heavy atom. The Balaban J connectivity index is 2.13. The highest BCUT2D eigenvalue weighted by atomic mass is 32.1. The van der Waals surface area contributed by atoms with E-state index in [1.54, 1.807) is 26.0 Å². The third kappa shape index (κ3) is 2.82. The summed E-state index contributed by atoms with van der Waals surface area (Å²) < 4.78 is 9.78. The summed E-state index contributed by atoms with van der Waals surface area (Å²) in [4.78, 5) is 27.7. The Hall–Kier alpha value is -2.15. The number of aromatic nitrogens is 1. The lowest BCUT2D eigenvalue weighted by Crippen LogP contribution is -2.12. The van der Waals surface area contributed by atoms with Crippen LogP contribution >= 0.6 is 11.3 Å². The molecule has 7 heteroatoms. The molecule has 0 bridgehead atoms. The zero-order valence-corrected chi connectivity index (χ0v) is 11.5. The van der Waals surface area contributed by atoms with Gasteiger partial charge >= 0.3 is 5.97 Å². The van der Waals surface area contributed by atoms with Crippen LogP contribution in [0.4, 0.5) is 5.00 Å². The van der Waals surface area contributed by atoms with Crippen molar-refractivity contribution in [1.82, 2.24) is 4.98 Å². The van der Waals surface area contributed by atoms with Crippen molar-refractivity contribution in [1.29, 1.82) is 0 Å². The summed E-state index contributed by atoms with van der Waals surface area (Å²) in [6.45, 7) is 3.34. The van der Waals surface area contributed by atoms with Gasteiger partial charge in [0.15, 0.2) is 11.6 Å². The van der Waals surface area contributed by atoms with E-state index in [9.17, 15) is 9.59 Å². The molecule has 1 N–H and O–H groups in total. The van der Waals surface area contributed by atoms with Gasteiger partial charge in [-0.25, -0.2) is 9.78 Å². The molecule has 19 heavy (non-hydrogen) atoms. The second-order valence-corrected chi connectivity index (χ2v) is 4.83. The van der Waals surface area contributed by atoms with Crippen LogP contribution < -0.4 is 5.32 Å². The van der Waals surface area contributed by atoms with Crippen LogP contribution in [0, 0.1) is 13.8 Å². The molecule has 2 rings (SSSR count). The molecule has 2 aromatic rings. The number of rotatable bonds is 3. The maximum atomic E-state index is 12.0. The number of nitrogens with zero attached hydrogens (tertiary/aromatic N) is 1. The first-order valence-electron chi connectivity index (χ1n) is 5.45. The zero-order chi connectivity index (χ0) is 14.0. The maximum Gasteiger partial charge on any atom is 0.348 e. The first-order valence-corrected chi connectivity index (χ1v) is 6.26. The van der Waals surface area contributed by atoms with Crippen molar-refractivity contribution >= 4 is 28.2 Å². The summed E-state index contributed by atoms with van der Waals surface area (Å²) in [7, 11) is 1.31. The fourth-order valence-electron chi connectivity index (χ4n) is 1.53. The largest absolute Gasteiger partial charge is 0.465 e. The topological polar surface area (TPSA) is 81.4 Å². The van der Waals surface area contributed by atoms with E-state index >= 15 is 0 Å². The highest BCUT2D eigenvalue weighted by molar-refractivity contribution is 7.18. The van der Waals surface area contributed by atoms with E-state index in [0.29, 0.717) is 21.5 Å². The summed E-state index contributed by atoms with van der Waals surface area (Å²) in [6, 6.07) is 3.23. The first-order chi connectivity index (χ1) is 9.01. The fourth-order valence-corrected chi connectivity index (χ4v) is 2.35. The number of thiophene rings is 1. The standard InChI is InChI=1S/C12H12N2O4S/c1-6-10(13-7(2)18-6)11(15)14-9-5-4-8(19-9)12(16)17-3/h4-5H,1-3H3,(H,14,15). The number of nitrogens with one attached hydrogen (secondary N) is 1. The molecule has 0 fully saturated rings. The van der Waals surface area contributed by atoms with E-state index in [2.05, 4.69) is 15.0 Å². The SMILES string of the molecule is COC(=O)c1ccc(NC(=O)c2nc(C)oc2C)s1. The summed E-state index contributed by atoms with van der Waals surface area (Å²) in [5.41, 5.74) is 0.241. The van der Waals surface area contributed by atoms with Crippen molar-refractivity contribution in [3.63, 3.8) is 0 Å². The Morgan fingerprint density at radius 3 is 2.68 bits per heavy atom. The van der Waals surface area contributed by atoms with Crippen molar-refractivity contribution < 1.29 is 18.7 Å². The van der Waals surface area contributed by atoms with Crippen molar-refractivity contribution in [3.05, 3.63) is 34.4 Å². The number of carbonyl (C=O) groups excluding carboxylic acids is 2. The summed E-state index contributed by atoms with van der Waals surface area (Å²) >= 11 is 1.14. The Bertz CT molecular complexity index is 629. The van der Waals surface area contributed by atoms with Gasteiger partial charge in [0.25, 0.3) is 5.91 Å². The number of esters is 1. The Kier molecular flexibility index (Phi) is 3.66. The lowest BCUT2D eigenvalue weighted by atomic mass is 10.3. The average Bonchev–Trinajstić information content (AvgIpc) is 2.95. The molecule has 0 aromatic carbocycles. The Labute approximate surface area is 113 Å². The fraction of sp³-hybridized carbons (Fsp3) is 0.250. The van der Waals surface area contributed by atoms with Gasteiger partial charge in [-0.1, -0.05) is 0 Å². The van der Waals surface area contributed by atoms with Crippen LogP contribution in [0.25, 0.3) is 0 Å². The smallest absolute Gasteiger partial charge is 0.348 e. The molecular formula is C12H12N2O4S. The van der Waals surface area contributed by atoms with Crippen LogP contribution in [-0.2, 0) is 4.74 Å². The minimum Gasteiger partial charge on any atom is -0.465 e.